The van der Waals surface area contributed by atoms with Gasteiger partial charge in [-0.05, 0) is 47.2 Å². The Kier molecular flexibility index (Phi) is 6.74. The van der Waals surface area contributed by atoms with Crippen molar-refractivity contribution in [2.45, 2.75) is 39.2 Å². The number of amides is 1. The summed E-state index contributed by atoms with van der Waals surface area (Å²) in [5, 5.41) is 11.2. The molecule has 0 unspecified atom stereocenters. The van der Waals surface area contributed by atoms with Gasteiger partial charge in [-0.15, -0.1) is 0 Å². The summed E-state index contributed by atoms with van der Waals surface area (Å²) >= 11 is 0. The van der Waals surface area contributed by atoms with Gasteiger partial charge in [0.2, 0.25) is 0 Å². The molecule has 2 aromatic rings. The highest BCUT2D eigenvalue weighted by atomic mass is 16.5. The predicted molar refractivity (Wildman–Crippen MR) is 124 cm³/mol. The number of aryl methyl sites for hydroxylation is 1. The number of carbonyl (C=O) groups is 2. The molecule has 32 heavy (non-hydrogen) atoms. The number of methoxy groups -OCH3 is 2. The van der Waals surface area contributed by atoms with Gasteiger partial charge in [0.15, 0.2) is 0 Å². The first-order valence-electron chi connectivity index (χ1n) is 10.6. The van der Waals surface area contributed by atoms with Crippen LogP contribution in [0.5, 0.6) is 5.75 Å². The number of Topliss-reactive ketones (excluding diaryl/α,β-unsaturated/α-hetero) is 1. The number of aliphatic hydroxyl groups is 1. The quantitative estimate of drug-likeness (QED) is 0.413. The van der Waals surface area contributed by atoms with Crippen molar-refractivity contribution in [2.24, 2.45) is 0 Å². The zero-order valence-electron chi connectivity index (χ0n) is 19.6. The van der Waals surface area contributed by atoms with Crippen molar-refractivity contribution in [1.29, 1.82) is 0 Å². The van der Waals surface area contributed by atoms with Gasteiger partial charge in [-0.1, -0.05) is 45.0 Å². The molecule has 1 aliphatic heterocycles. The third-order valence-electron chi connectivity index (χ3n) is 5.84. The van der Waals surface area contributed by atoms with E-state index in [9.17, 15) is 14.7 Å². The Morgan fingerprint density at radius 3 is 2.25 bits per heavy atom. The Labute approximate surface area is 189 Å². The van der Waals surface area contributed by atoms with Crippen LogP contribution in [0.4, 0.5) is 0 Å². The zero-order valence-corrected chi connectivity index (χ0v) is 19.6. The van der Waals surface area contributed by atoms with Gasteiger partial charge in [0.1, 0.15) is 11.5 Å². The van der Waals surface area contributed by atoms with Crippen molar-refractivity contribution in [2.75, 3.05) is 27.4 Å². The van der Waals surface area contributed by atoms with Crippen LogP contribution >= 0.6 is 0 Å². The number of aliphatic hydroxyl groups excluding tert-OH is 1. The predicted octanol–water partition coefficient (Wildman–Crippen LogP) is 4.37. The minimum Gasteiger partial charge on any atom is -0.507 e. The van der Waals surface area contributed by atoms with E-state index in [1.807, 2.05) is 31.2 Å². The monoisotopic (exact) mass is 437 g/mol. The number of ether oxygens (including phenoxy) is 2. The fourth-order valence-electron chi connectivity index (χ4n) is 3.99. The standard InChI is InChI=1S/C26H31NO5/c1-16-15-18(9-12-20(16)32-6)23(28)21-22(27(13-14-31-5)25(30)24(21)29)17-7-10-19(11-8-17)26(2,3)4/h7-12,15,22,28H,13-14H2,1-6H3/t22-/m1/s1. The molecule has 0 aromatic heterocycles. The zero-order chi connectivity index (χ0) is 23.6. The lowest BCUT2D eigenvalue weighted by atomic mass is 9.85. The van der Waals surface area contributed by atoms with Crippen LogP contribution in [0.15, 0.2) is 48.0 Å². The van der Waals surface area contributed by atoms with Gasteiger partial charge in [-0.25, -0.2) is 0 Å². The fraction of sp³-hybridized carbons (Fsp3) is 0.385. The van der Waals surface area contributed by atoms with Gasteiger partial charge < -0.3 is 19.5 Å². The number of benzene rings is 2. The first kappa shape index (κ1) is 23.5. The molecular formula is C26H31NO5. The minimum absolute atomic E-state index is 0.0307. The Hall–Kier alpha value is -3.12. The highest BCUT2D eigenvalue weighted by Crippen LogP contribution is 2.40. The summed E-state index contributed by atoms with van der Waals surface area (Å²) in [4.78, 5) is 27.4. The molecule has 3 rings (SSSR count). The molecule has 1 N–H and O–H groups in total. The van der Waals surface area contributed by atoms with Crippen LogP contribution in [-0.2, 0) is 19.7 Å². The third-order valence-corrected chi connectivity index (χ3v) is 5.84. The van der Waals surface area contributed by atoms with Crippen molar-refractivity contribution in [1.82, 2.24) is 4.90 Å². The van der Waals surface area contributed by atoms with E-state index in [-0.39, 0.29) is 29.9 Å². The number of hydrogen-bond acceptors (Lipinski definition) is 5. The molecule has 1 aliphatic rings. The smallest absolute Gasteiger partial charge is 0.295 e. The summed E-state index contributed by atoms with van der Waals surface area (Å²) in [5.74, 6) is -0.856. The molecule has 0 spiro atoms. The van der Waals surface area contributed by atoms with Gasteiger partial charge >= 0.3 is 0 Å². The van der Waals surface area contributed by atoms with Gasteiger partial charge in [0, 0.05) is 19.2 Å². The molecule has 170 valence electrons. The van der Waals surface area contributed by atoms with Crippen LogP contribution in [-0.4, -0.2) is 49.1 Å². The summed E-state index contributed by atoms with van der Waals surface area (Å²) in [7, 11) is 3.12. The Morgan fingerprint density at radius 2 is 1.72 bits per heavy atom. The van der Waals surface area contributed by atoms with E-state index < -0.39 is 17.7 Å². The van der Waals surface area contributed by atoms with Crippen LogP contribution in [0.3, 0.4) is 0 Å². The normalized spacial score (nSPS) is 18.3. The lowest BCUT2D eigenvalue weighted by Crippen LogP contribution is -2.32. The summed E-state index contributed by atoms with van der Waals surface area (Å²) in [6.07, 6.45) is 0. The van der Waals surface area contributed by atoms with Gasteiger partial charge in [0.05, 0.1) is 25.3 Å². The molecule has 6 nitrogen and oxygen atoms in total. The first-order valence-corrected chi connectivity index (χ1v) is 10.6. The molecule has 0 radical (unpaired) electrons. The molecule has 1 atom stereocenters. The molecule has 0 saturated carbocycles. The molecule has 2 aromatic carbocycles. The molecule has 1 heterocycles. The molecule has 1 amide bonds. The van der Waals surface area contributed by atoms with Gasteiger partial charge in [-0.3, -0.25) is 9.59 Å². The lowest BCUT2D eigenvalue weighted by molar-refractivity contribution is -0.140. The van der Waals surface area contributed by atoms with E-state index >= 15 is 0 Å². The van der Waals surface area contributed by atoms with E-state index in [1.54, 1.807) is 32.4 Å². The summed E-state index contributed by atoms with van der Waals surface area (Å²) < 4.78 is 10.5. The van der Waals surface area contributed by atoms with Crippen molar-refractivity contribution in [3.8, 4) is 5.75 Å². The largest absolute Gasteiger partial charge is 0.507 e. The van der Waals surface area contributed by atoms with Gasteiger partial charge in [-0.2, -0.15) is 0 Å². The minimum atomic E-state index is -0.697. The van der Waals surface area contributed by atoms with E-state index in [4.69, 9.17) is 9.47 Å². The highest BCUT2D eigenvalue weighted by Gasteiger charge is 2.45. The molecule has 1 fully saturated rings. The summed E-state index contributed by atoms with van der Waals surface area (Å²) in [6, 6.07) is 12.3. The fourth-order valence-corrected chi connectivity index (χ4v) is 3.99. The second kappa shape index (κ2) is 9.17. The number of hydrogen-bond donors (Lipinski definition) is 1. The van der Waals surface area contributed by atoms with E-state index in [2.05, 4.69) is 20.8 Å². The van der Waals surface area contributed by atoms with Crippen LogP contribution in [0.2, 0.25) is 0 Å². The molecule has 0 bridgehead atoms. The molecule has 0 aliphatic carbocycles. The number of rotatable bonds is 6. The lowest BCUT2D eigenvalue weighted by Gasteiger charge is -2.26. The average molecular weight is 438 g/mol. The number of likely N-dealkylation sites (tertiary alicyclic amines) is 1. The maximum atomic E-state index is 13.0. The van der Waals surface area contributed by atoms with Crippen molar-refractivity contribution in [3.63, 3.8) is 0 Å². The summed E-state index contributed by atoms with van der Waals surface area (Å²) in [6.45, 7) is 8.75. The number of carbonyl (C=O) groups excluding carboxylic acids is 2. The van der Waals surface area contributed by atoms with Crippen molar-refractivity contribution < 1.29 is 24.2 Å². The SMILES string of the molecule is COCCN1C(=O)C(=O)C(=C(O)c2ccc(OC)c(C)c2)[C@H]1c1ccc(C(C)(C)C)cc1. The average Bonchev–Trinajstić information content (AvgIpc) is 3.01. The van der Waals surface area contributed by atoms with Crippen molar-refractivity contribution >= 4 is 17.4 Å². The van der Waals surface area contributed by atoms with Crippen LogP contribution in [0, 0.1) is 6.92 Å². The van der Waals surface area contributed by atoms with Gasteiger partial charge in [0.25, 0.3) is 11.7 Å². The number of ketones is 1. The second-order valence-electron chi connectivity index (χ2n) is 9.04. The Morgan fingerprint density at radius 1 is 1.06 bits per heavy atom. The Balaban J connectivity index is 2.15. The second-order valence-corrected chi connectivity index (χ2v) is 9.04. The highest BCUT2D eigenvalue weighted by molar-refractivity contribution is 6.46. The molecule has 6 heteroatoms. The maximum Gasteiger partial charge on any atom is 0.295 e. The van der Waals surface area contributed by atoms with E-state index in [0.29, 0.717) is 11.3 Å². The first-order chi connectivity index (χ1) is 15.1. The van der Waals surface area contributed by atoms with Crippen LogP contribution in [0.25, 0.3) is 5.76 Å². The maximum absolute atomic E-state index is 13.0. The number of nitrogens with zero attached hydrogens (tertiary/aromatic N) is 1. The van der Waals surface area contributed by atoms with E-state index in [0.717, 1.165) is 16.7 Å². The molecule has 1 saturated heterocycles. The third kappa shape index (κ3) is 4.41. The molecular weight excluding hydrogens is 406 g/mol. The van der Waals surface area contributed by atoms with Crippen molar-refractivity contribution in [3.05, 3.63) is 70.3 Å². The van der Waals surface area contributed by atoms with Crippen LogP contribution in [0.1, 0.15) is 49.1 Å². The topological polar surface area (TPSA) is 76.1 Å². The Bertz CT molecular complexity index is 1050. The van der Waals surface area contributed by atoms with E-state index in [1.165, 1.54) is 4.90 Å². The summed E-state index contributed by atoms with van der Waals surface area (Å²) in [5.41, 5.74) is 3.23. The van der Waals surface area contributed by atoms with Crippen LogP contribution < -0.4 is 4.74 Å².